The number of amides is 6. The second-order valence-corrected chi connectivity index (χ2v) is 20.4. The number of aromatic amines is 3. The molecular formula is C60H33N6O10P. The van der Waals surface area contributed by atoms with Crippen molar-refractivity contribution in [2.75, 3.05) is 0 Å². The van der Waals surface area contributed by atoms with Crippen molar-refractivity contribution in [1.29, 1.82) is 0 Å². The zero-order valence-corrected chi connectivity index (χ0v) is 40.5. The molecule has 15 rings (SSSR count). The molecule has 6 amide bonds. The quantitative estimate of drug-likeness (QED) is 0.0591. The number of nitrogens with one attached hydrogen (secondary N) is 6. The third kappa shape index (κ3) is 6.62. The molecule has 3 aliphatic rings. The Hall–Kier alpha value is -10.6. The van der Waals surface area contributed by atoms with Gasteiger partial charge in [0.1, 0.15) is 17.2 Å². The molecule has 0 aliphatic carbocycles. The number of aromatic nitrogens is 3. The first kappa shape index (κ1) is 44.0. The van der Waals surface area contributed by atoms with Gasteiger partial charge in [0.25, 0.3) is 35.4 Å². The summed E-state index contributed by atoms with van der Waals surface area (Å²) in [5, 5.41) is 10.1. The zero-order valence-electron chi connectivity index (χ0n) is 39.6. The molecule has 368 valence electrons. The first-order valence-corrected chi connectivity index (χ1v) is 25.7. The van der Waals surface area contributed by atoms with Crippen LogP contribution in [0.3, 0.4) is 0 Å². The van der Waals surface area contributed by atoms with E-state index in [4.69, 9.17) is 13.6 Å². The van der Waals surface area contributed by atoms with Gasteiger partial charge in [-0.15, -0.1) is 0 Å². The predicted octanol–water partition coefficient (Wildman–Crippen LogP) is 11.9. The van der Waals surface area contributed by atoms with E-state index in [0.717, 1.165) is 16.7 Å². The van der Waals surface area contributed by atoms with Crippen LogP contribution in [0.5, 0.6) is 17.2 Å². The van der Waals surface area contributed by atoms with Crippen LogP contribution in [0.2, 0.25) is 0 Å². The highest BCUT2D eigenvalue weighted by molar-refractivity contribution is 7.49. The summed E-state index contributed by atoms with van der Waals surface area (Å²) >= 11 is 0. The van der Waals surface area contributed by atoms with E-state index in [9.17, 15) is 28.8 Å². The van der Waals surface area contributed by atoms with Crippen LogP contribution in [0.4, 0.5) is 0 Å². The molecule has 17 heteroatoms. The number of imide groups is 3. The van der Waals surface area contributed by atoms with E-state index >= 15 is 4.57 Å². The van der Waals surface area contributed by atoms with Crippen LogP contribution in [-0.4, -0.2) is 50.4 Å². The number of phosphoric ester groups is 1. The van der Waals surface area contributed by atoms with Crippen LogP contribution in [0, 0.1) is 0 Å². The number of benzene rings is 9. The molecule has 3 aliphatic heterocycles. The summed E-state index contributed by atoms with van der Waals surface area (Å²) in [6.07, 6.45) is 0. The second kappa shape index (κ2) is 16.0. The van der Waals surface area contributed by atoms with Crippen molar-refractivity contribution in [3.63, 3.8) is 0 Å². The largest absolute Gasteiger partial charge is 0.647 e. The molecule has 12 aromatic rings. The molecule has 0 saturated carbocycles. The van der Waals surface area contributed by atoms with Crippen LogP contribution >= 0.6 is 7.82 Å². The number of hydrogen-bond acceptors (Lipinski definition) is 10. The van der Waals surface area contributed by atoms with Crippen molar-refractivity contribution in [1.82, 2.24) is 30.9 Å². The topological polar surface area (TPSA) is 231 Å². The molecule has 16 nitrogen and oxygen atoms in total. The third-order valence-corrected chi connectivity index (χ3v) is 15.8. The lowest BCUT2D eigenvalue weighted by Gasteiger charge is -2.20. The Morgan fingerprint density at radius 2 is 0.571 bits per heavy atom. The molecule has 6 N–H and O–H groups in total. The molecule has 0 fully saturated rings. The summed E-state index contributed by atoms with van der Waals surface area (Å²) in [6.45, 7) is 0. The van der Waals surface area contributed by atoms with E-state index in [1.807, 2.05) is 109 Å². The van der Waals surface area contributed by atoms with Gasteiger partial charge in [-0.2, -0.15) is 4.57 Å². The second-order valence-electron chi connectivity index (χ2n) is 19.0. The van der Waals surface area contributed by atoms with Crippen LogP contribution in [0.15, 0.2) is 164 Å². The maximum atomic E-state index is 15.8. The summed E-state index contributed by atoms with van der Waals surface area (Å²) < 4.78 is 35.0. The van der Waals surface area contributed by atoms with Crippen molar-refractivity contribution in [3.05, 3.63) is 197 Å². The highest BCUT2D eigenvalue weighted by Crippen LogP contribution is 2.53. The lowest BCUT2D eigenvalue weighted by Crippen LogP contribution is -2.20. The number of H-pyrrole nitrogens is 3. The van der Waals surface area contributed by atoms with Crippen molar-refractivity contribution < 1.29 is 46.9 Å². The fourth-order valence-electron chi connectivity index (χ4n) is 11.4. The van der Waals surface area contributed by atoms with Gasteiger partial charge in [0.15, 0.2) is 0 Å². The van der Waals surface area contributed by atoms with Gasteiger partial charge in [0.2, 0.25) is 0 Å². The minimum absolute atomic E-state index is 0.00316. The standard InChI is InChI=1S/C60H33N6O10P/c67-55-49-34(28-10-4-1-5-11-28)25-43-46(52(49)58(70)64-55)37-22-31(16-19-40(37)61-43)74-77(73,75-32-17-20-41-38(23-32)47-44(62-41)26-35(29-12-6-2-7-13-29)50-53(47)59(71)65-56(50)68)76-33-18-21-42-39(24-33)48-45(63-42)27-36(30-14-8-3-9-15-30)51-54(48)60(72)66-57(51)69/h1-27,61-63H,(H,64,67,70)(H,65,68,71)(H,66,69,72). The highest BCUT2D eigenvalue weighted by atomic mass is 31.2. The molecule has 0 atom stereocenters. The first-order valence-electron chi connectivity index (χ1n) is 24.2. The number of carbonyl (C=O) groups is 6. The van der Waals surface area contributed by atoms with Crippen LogP contribution in [0.1, 0.15) is 62.1 Å². The molecular weight excluding hydrogens is 996 g/mol. The maximum Gasteiger partial charge on any atom is 0.647 e. The molecule has 0 unspecified atom stereocenters. The number of fused-ring (bicyclic) bond motifs is 15. The average molecular weight is 1030 g/mol. The fourth-order valence-corrected chi connectivity index (χ4v) is 12.6. The molecule has 0 saturated heterocycles. The number of phosphoric acid groups is 1. The molecule has 9 aromatic carbocycles. The van der Waals surface area contributed by atoms with E-state index in [0.29, 0.717) is 82.1 Å². The van der Waals surface area contributed by atoms with Gasteiger partial charge in [0, 0.05) is 65.4 Å². The Morgan fingerprint density at radius 1 is 0.299 bits per heavy atom. The normalized spacial score (nSPS) is 14.0. The molecule has 6 heterocycles. The number of hydrogen-bond donors (Lipinski definition) is 6. The van der Waals surface area contributed by atoms with Gasteiger partial charge in [-0.25, -0.2) is 0 Å². The van der Waals surface area contributed by atoms with Crippen LogP contribution < -0.4 is 29.5 Å². The summed E-state index contributed by atoms with van der Waals surface area (Å²) in [5.74, 6) is -3.37. The molecule has 0 spiro atoms. The van der Waals surface area contributed by atoms with Gasteiger partial charge in [-0.1, -0.05) is 91.0 Å². The Bertz CT molecular complexity index is 4320. The summed E-state index contributed by atoms with van der Waals surface area (Å²) in [6, 6.07) is 47.6. The first-order chi connectivity index (χ1) is 37.4. The van der Waals surface area contributed by atoms with Gasteiger partial charge in [-0.05, 0) is 106 Å². The minimum Gasteiger partial charge on any atom is -0.386 e. The number of rotatable bonds is 9. The average Bonchev–Trinajstić information content (AvgIpc) is 4.33. The van der Waals surface area contributed by atoms with E-state index in [1.54, 1.807) is 54.6 Å². The van der Waals surface area contributed by atoms with Gasteiger partial charge < -0.3 is 28.5 Å². The Balaban J connectivity index is 0.884. The highest BCUT2D eigenvalue weighted by Gasteiger charge is 2.39. The zero-order chi connectivity index (χ0) is 52.0. The number of carbonyl (C=O) groups excluding carboxylic acids is 6. The van der Waals surface area contributed by atoms with Crippen LogP contribution in [0.25, 0.3) is 98.8 Å². The van der Waals surface area contributed by atoms with Gasteiger partial charge in [-0.3, -0.25) is 44.7 Å². The SMILES string of the molecule is O=C1NC(=O)c2c1c(-c1ccccc1)cc1[nH]c3ccc(OP(=O)(Oc4ccc5[nH]c6cc(-c7ccccc7)c7c(c6c5c4)C(=O)NC7=O)Oc4ccc5[nH]c6cc(-c7ccccc7)c7c(c6c5c4)C(=O)NC7=O)cc3c21. The van der Waals surface area contributed by atoms with Crippen LogP contribution in [-0.2, 0) is 4.57 Å². The van der Waals surface area contributed by atoms with Gasteiger partial charge >= 0.3 is 7.82 Å². The van der Waals surface area contributed by atoms with E-state index in [1.165, 1.54) is 0 Å². The Labute approximate surface area is 432 Å². The third-order valence-electron chi connectivity index (χ3n) is 14.5. The maximum absolute atomic E-state index is 15.8. The monoisotopic (exact) mass is 1030 g/mol. The lowest BCUT2D eigenvalue weighted by atomic mass is 9.93. The Kier molecular flexibility index (Phi) is 9.12. The summed E-state index contributed by atoms with van der Waals surface area (Å²) in [5.41, 5.74) is 8.46. The van der Waals surface area contributed by atoms with E-state index < -0.39 is 43.3 Å². The Morgan fingerprint density at radius 3 is 0.857 bits per heavy atom. The summed E-state index contributed by atoms with van der Waals surface area (Å²) in [4.78, 5) is 91.5. The summed E-state index contributed by atoms with van der Waals surface area (Å²) in [7, 11) is -4.93. The predicted molar refractivity (Wildman–Crippen MR) is 289 cm³/mol. The van der Waals surface area contributed by atoms with Crippen molar-refractivity contribution in [2.45, 2.75) is 0 Å². The van der Waals surface area contributed by atoms with E-state index in [-0.39, 0.29) is 50.6 Å². The fraction of sp³-hybridized carbons (Fsp3) is 0. The molecule has 3 aromatic heterocycles. The van der Waals surface area contributed by atoms with Gasteiger partial charge in [0.05, 0.1) is 33.4 Å². The minimum atomic E-state index is -4.93. The van der Waals surface area contributed by atoms with E-state index in [2.05, 4.69) is 30.9 Å². The molecule has 0 bridgehead atoms. The van der Waals surface area contributed by atoms with Crippen molar-refractivity contribution in [2.24, 2.45) is 0 Å². The van der Waals surface area contributed by atoms with Crippen molar-refractivity contribution >= 4 is 109 Å². The van der Waals surface area contributed by atoms with Crippen molar-refractivity contribution in [3.8, 4) is 50.6 Å². The smallest absolute Gasteiger partial charge is 0.386 e. The molecule has 77 heavy (non-hydrogen) atoms. The lowest BCUT2D eigenvalue weighted by molar-refractivity contribution is 0.0863. The molecule has 0 radical (unpaired) electrons.